The number of halogens is 5. The number of nitrogens with zero attached hydrogens (tertiary/aromatic N) is 2. The fourth-order valence-electron chi connectivity index (χ4n) is 3.75. The molecule has 0 atom stereocenters. The molecule has 0 saturated carbocycles. The Bertz CT molecular complexity index is 1350. The van der Waals surface area contributed by atoms with Gasteiger partial charge in [-0.1, -0.05) is 23.7 Å². The number of rotatable bonds is 4. The number of benzene rings is 2. The Hall–Kier alpha value is -3.04. The third-order valence-electron chi connectivity index (χ3n) is 5.41. The lowest BCUT2D eigenvalue weighted by Gasteiger charge is -2.13. The fraction of sp³-hybridized carbons (Fsp3) is 0.167. The zero-order chi connectivity index (χ0) is 24.8. The Morgan fingerprint density at radius 3 is 2.47 bits per heavy atom. The van der Waals surface area contributed by atoms with Crippen LogP contribution in [0.3, 0.4) is 0 Å². The molecule has 4 nitrogen and oxygen atoms in total. The summed E-state index contributed by atoms with van der Waals surface area (Å²) in [5.74, 6) is -1.06. The minimum Gasteiger partial charge on any atom is -0.318 e. The predicted octanol–water partition coefficient (Wildman–Crippen LogP) is 7.14. The number of aryl methyl sites for hydroxylation is 1. The molecule has 34 heavy (non-hydrogen) atoms. The summed E-state index contributed by atoms with van der Waals surface area (Å²) in [6.07, 6.45) is -2.93. The normalized spacial score (nSPS) is 15.6. The highest BCUT2D eigenvalue weighted by atomic mass is 35.5. The maximum absolute atomic E-state index is 13.3. The van der Waals surface area contributed by atoms with E-state index in [2.05, 4.69) is 0 Å². The highest BCUT2D eigenvalue weighted by Crippen LogP contribution is 2.36. The molecule has 1 fully saturated rings. The highest BCUT2D eigenvalue weighted by molar-refractivity contribution is 8.18. The summed E-state index contributed by atoms with van der Waals surface area (Å²) < 4.78 is 54.4. The molecule has 0 bridgehead atoms. The van der Waals surface area contributed by atoms with E-state index < -0.39 is 28.7 Å². The molecule has 4 rings (SSSR count). The van der Waals surface area contributed by atoms with Crippen molar-refractivity contribution in [2.24, 2.45) is 0 Å². The first-order chi connectivity index (χ1) is 16.0. The van der Waals surface area contributed by atoms with Crippen molar-refractivity contribution in [2.75, 3.05) is 0 Å². The second kappa shape index (κ2) is 8.96. The Labute approximate surface area is 201 Å². The summed E-state index contributed by atoms with van der Waals surface area (Å²) in [7, 11) is 0. The van der Waals surface area contributed by atoms with Crippen molar-refractivity contribution in [1.29, 1.82) is 0 Å². The number of thioether (sulfide) groups is 1. The molecule has 3 aromatic rings. The Balaban J connectivity index is 1.64. The molecular formula is C24H17ClF4N2O2S. The molecule has 176 valence electrons. The zero-order valence-corrected chi connectivity index (χ0v) is 19.5. The monoisotopic (exact) mass is 508 g/mol. The van der Waals surface area contributed by atoms with Crippen LogP contribution in [0.2, 0.25) is 5.02 Å². The number of hydrogen-bond donors (Lipinski definition) is 0. The Morgan fingerprint density at radius 2 is 1.79 bits per heavy atom. The largest absolute Gasteiger partial charge is 0.416 e. The summed E-state index contributed by atoms with van der Waals surface area (Å²) in [6, 6.07) is 10.4. The molecule has 1 aromatic heterocycles. The van der Waals surface area contributed by atoms with Crippen molar-refractivity contribution < 1.29 is 27.2 Å². The smallest absolute Gasteiger partial charge is 0.318 e. The number of carbonyl (C=O) groups is 2. The van der Waals surface area contributed by atoms with Crippen molar-refractivity contribution in [3.05, 3.63) is 92.4 Å². The first kappa shape index (κ1) is 24.1. The van der Waals surface area contributed by atoms with Gasteiger partial charge in [0.2, 0.25) is 0 Å². The minimum absolute atomic E-state index is 0.104. The second-order valence-corrected chi connectivity index (χ2v) is 9.11. The molecule has 2 aromatic carbocycles. The summed E-state index contributed by atoms with van der Waals surface area (Å²) >= 11 is 6.78. The Kier molecular flexibility index (Phi) is 6.35. The molecular weight excluding hydrogens is 492 g/mol. The number of alkyl halides is 3. The van der Waals surface area contributed by atoms with Crippen LogP contribution in [0.1, 0.15) is 28.1 Å². The summed E-state index contributed by atoms with van der Waals surface area (Å²) in [5, 5.41) is -0.393. The minimum atomic E-state index is -4.47. The van der Waals surface area contributed by atoms with E-state index >= 15 is 0 Å². The maximum atomic E-state index is 13.3. The standard InChI is InChI=1S/C24H17ClF4N2O2S/c1-13-8-16(14(2)31(13)19-5-3-4-17(10-19)24(27,28)29)9-21-22(32)30(23(33)34-21)12-15-6-7-18(26)11-20(15)25/h3-11H,12H2,1-2H3/b21-9-. The summed E-state index contributed by atoms with van der Waals surface area (Å²) in [5.41, 5.74) is 1.88. The van der Waals surface area contributed by atoms with E-state index in [0.717, 1.165) is 34.9 Å². The summed E-state index contributed by atoms with van der Waals surface area (Å²) in [6.45, 7) is 3.36. The van der Waals surface area contributed by atoms with Crippen LogP contribution >= 0.6 is 23.4 Å². The highest BCUT2D eigenvalue weighted by Gasteiger charge is 2.36. The van der Waals surface area contributed by atoms with Gasteiger partial charge in [-0.3, -0.25) is 14.5 Å². The lowest BCUT2D eigenvalue weighted by molar-refractivity contribution is -0.137. The van der Waals surface area contributed by atoms with Gasteiger partial charge in [0.25, 0.3) is 11.1 Å². The molecule has 1 aliphatic rings. The lowest BCUT2D eigenvalue weighted by atomic mass is 10.2. The van der Waals surface area contributed by atoms with Crippen molar-refractivity contribution in [3.8, 4) is 5.69 Å². The van der Waals surface area contributed by atoms with Crippen LogP contribution in [0.4, 0.5) is 22.4 Å². The lowest BCUT2D eigenvalue weighted by Crippen LogP contribution is -2.27. The predicted molar refractivity (Wildman–Crippen MR) is 123 cm³/mol. The quantitative estimate of drug-likeness (QED) is 0.278. The Morgan fingerprint density at radius 1 is 1.06 bits per heavy atom. The average Bonchev–Trinajstić information content (AvgIpc) is 3.18. The number of hydrogen-bond acceptors (Lipinski definition) is 3. The van der Waals surface area contributed by atoms with Gasteiger partial charge < -0.3 is 4.57 Å². The molecule has 10 heteroatoms. The zero-order valence-electron chi connectivity index (χ0n) is 17.9. The number of aromatic nitrogens is 1. The van der Waals surface area contributed by atoms with Gasteiger partial charge in [0.1, 0.15) is 5.82 Å². The second-order valence-electron chi connectivity index (χ2n) is 7.71. The van der Waals surface area contributed by atoms with Gasteiger partial charge >= 0.3 is 6.18 Å². The molecule has 0 N–H and O–H groups in total. The van der Waals surface area contributed by atoms with E-state index in [-0.39, 0.29) is 16.5 Å². The van der Waals surface area contributed by atoms with Crippen LogP contribution in [-0.4, -0.2) is 20.6 Å². The van der Waals surface area contributed by atoms with Crippen LogP contribution in [-0.2, 0) is 17.5 Å². The average molecular weight is 509 g/mol. The molecule has 2 amide bonds. The van der Waals surface area contributed by atoms with Crippen molar-refractivity contribution >= 4 is 40.6 Å². The van der Waals surface area contributed by atoms with Crippen molar-refractivity contribution in [2.45, 2.75) is 26.6 Å². The van der Waals surface area contributed by atoms with E-state index in [1.165, 1.54) is 18.2 Å². The third-order valence-corrected chi connectivity index (χ3v) is 6.66. The third kappa shape index (κ3) is 4.63. The van der Waals surface area contributed by atoms with Gasteiger partial charge in [-0.15, -0.1) is 0 Å². The van der Waals surface area contributed by atoms with E-state index in [4.69, 9.17) is 11.6 Å². The van der Waals surface area contributed by atoms with Gasteiger partial charge in [-0.05, 0) is 79.2 Å². The van der Waals surface area contributed by atoms with E-state index in [1.807, 2.05) is 0 Å². The van der Waals surface area contributed by atoms with Crippen molar-refractivity contribution in [3.63, 3.8) is 0 Å². The van der Waals surface area contributed by atoms with E-state index in [0.29, 0.717) is 28.2 Å². The fourth-order valence-corrected chi connectivity index (χ4v) is 4.81. The van der Waals surface area contributed by atoms with Crippen LogP contribution < -0.4 is 0 Å². The molecule has 2 heterocycles. The first-order valence-electron chi connectivity index (χ1n) is 10.0. The van der Waals surface area contributed by atoms with Crippen molar-refractivity contribution in [1.82, 2.24) is 9.47 Å². The van der Waals surface area contributed by atoms with Gasteiger partial charge in [-0.25, -0.2) is 4.39 Å². The molecule has 1 saturated heterocycles. The van der Waals surface area contributed by atoms with E-state index in [1.54, 1.807) is 36.6 Å². The molecule has 0 unspecified atom stereocenters. The molecule has 0 radical (unpaired) electrons. The van der Waals surface area contributed by atoms with Crippen LogP contribution in [0.15, 0.2) is 53.4 Å². The van der Waals surface area contributed by atoms with Crippen LogP contribution in [0.25, 0.3) is 11.8 Å². The van der Waals surface area contributed by atoms with Gasteiger partial charge in [0, 0.05) is 22.1 Å². The number of imide groups is 1. The van der Waals surface area contributed by atoms with Gasteiger partial charge in [0.05, 0.1) is 17.0 Å². The van der Waals surface area contributed by atoms with Gasteiger partial charge in [0.15, 0.2) is 0 Å². The number of carbonyl (C=O) groups excluding carboxylic acids is 2. The van der Waals surface area contributed by atoms with E-state index in [9.17, 15) is 27.2 Å². The SMILES string of the molecule is Cc1cc(/C=C2\SC(=O)N(Cc3ccc(F)cc3Cl)C2=O)c(C)n1-c1cccc(C(F)(F)F)c1. The van der Waals surface area contributed by atoms with Crippen LogP contribution in [0, 0.1) is 19.7 Å². The summed E-state index contributed by atoms with van der Waals surface area (Å²) in [4.78, 5) is 26.6. The first-order valence-corrected chi connectivity index (χ1v) is 11.2. The molecule has 0 spiro atoms. The maximum Gasteiger partial charge on any atom is 0.416 e. The molecule has 0 aliphatic carbocycles. The van der Waals surface area contributed by atoms with Crippen LogP contribution in [0.5, 0.6) is 0 Å². The molecule has 1 aliphatic heterocycles. The topological polar surface area (TPSA) is 42.3 Å². The number of amides is 2. The van der Waals surface area contributed by atoms with Gasteiger partial charge in [-0.2, -0.15) is 13.2 Å².